The molecular formula is C13H11FN4O2. The molecule has 3 rings (SSSR count). The number of aliphatic hydroxyl groups excluding tert-OH is 1. The minimum Gasteiger partial charge on any atom is -0.419 e. The molecule has 0 fully saturated rings. The van der Waals surface area contributed by atoms with Crippen molar-refractivity contribution in [3.05, 3.63) is 53.9 Å². The van der Waals surface area contributed by atoms with Gasteiger partial charge < -0.3 is 9.52 Å². The Morgan fingerprint density at radius 1 is 1.20 bits per heavy atom. The number of halogens is 1. The highest BCUT2D eigenvalue weighted by Crippen LogP contribution is 2.18. The van der Waals surface area contributed by atoms with Crippen molar-refractivity contribution in [2.75, 3.05) is 0 Å². The van der Waals surface area contributed by atoms with Crippen LogP contribution in [0.25, 0.3) is 11.5 Å². The third-order valence-electron chi connectivity index (χ3n) is 2.72. The predicted octanol–water partition coefficient (Wildman–Crippen LogP) is 1.61. The number of hydrogen-bond acceptors (Lipinski definition) is 5. The zero-order valence-electron chi connectivity index (χ0n) is 10.4. The van der Waals surface area contributed by atoms with Crippen LogP contribution in [0.4, 0.5) is 4.39 Å². The van der Waals surface area contributed by atoms with Crippen LogP contribution < -0.4 is 0 Å². The second kappa shape index (κ2) is 5.22. The Balaban J connectivity index is 1.78. The first-order valence-electron chi connectivity index (χ1n) is 5.95. The minimum absolute atomic E-state index is 0.0648. The molecule has 0 bridgehead atoms. The Morgan fingerprint density at radius 2 is 2.00 bits per heavy atom. The number of aromatic nitrogens is 4. The molecule has 7 heteroatoms. The van der Waals surface area contributed by atoms with E-state index in [4.69, 9.17) is 9.52 Å². The Kier molecular flexibility index (Phi) is 3.26. The highest BCUT2D eigenvalue weighted by Gasteiger charge is 2.09. The summed E-state index contributed by atoms with van der Waals surface area (Å²) in [6, 6.07) is 5.81. The summed E-state index contributed by atoms with van der Waals surface area (Å²) in [5.74, 6) is 0.396. The molecule has 0 atom stereocenters. The fourth-order valence-corrected chi connectivity index (χ4v) is 1.74. The second-order valence-electron chi connectivity index (χ2n) is 4.21. The quantitative estimate of drug-likeness (QED) is 0.782. The Bertz CT molecular complexity index is 705. The molecule has 0 spiro atoms. The fourth-order valence-electron chi connectivity index (χ4n) is 1.74. The van der Waals surface area contributed by atoms with Gasteiger partial charge in [-0.05, 0) is 24.3 Å². The molecule has 102 valence electrons. The van der Waals surface area contributed by atoms with Crippen molar-refractivity contribution in [3.8, 4) is 11.5 Å². The first-order valence-corrected chi connectivity index (χ1v) is 5.95. The number of rotatable bonds is 4. The van der Waals surface area contributed by atoms with Crippen molar-refractivity contribution < 1.29 is 13.9 Å². The molecule has 0 saturated carbocycles. The normalized spacial score (nSPS) is 10.9. The van der Waals surface area contributed by atoms with Crippen LogP contribution in [-0.4, -0.2) is 25.1 Å². The second-order valence-corrected chi connectivity index (χ2v) is 4.21. The van der Waals surface area contributed by atoms with Gasteiger partial charge in [-0.3, -0.25) is 4.68 Å². The fraction of sp³-hybridized carbons (Fsp3) is 0.154. The van der Waals surface area contributed by atoms with Gasteiger partial charge >= 0.3 is 0 Å². The smallest absolute Gasteiger partial charge is 0.247 e. The van der Waals surface area contributed by atoms with Crippen molar-refractivity contribution in [1.82, 2.24) is 20.0 Å². The van der Waals surface area contributed by atoms with Gasteiger partial charge in [0.1, 0.15) is 12.4 Å². The molecule has 2 heterocycles. The average molecular weight is 274 g/mol. The molecule has 20 heavy (non-hydrogen) atoms. The first kappa shape index (κ1) is 12.5. The number of benzene rings is 1. The van der Waals surface area contributed by atoms with E-state index in [1.165, 1.54) is 12.1 Å². The van der Waals surface area contributed by atoms with E-state index in [2.05, 4.69) is 15.3 Å². The number of aliphatic hydroxyl groups is 1. The van der Waals surface area contributed by atoms with Crippen molar-refractivity contribution in [2.45, 2.75) is 13.2 Å². The summed E-state index contributed by atoms with van der Waals surface area (Å²) in [5, 5.41) is 20.8. The van der Waals surface area contributed by atoms with Gasteiger partial charge in [-0.2, -0.15) is 5.10 Å². The summed E-state index contributed by atoms with van der Waals surface area (Å²) < 4.78 is 19.9. The van der Waals surface area contributed by atoms with Crippen LogP contribution in [0, 0.1) is 5.82 Å². The maximum absolute atomic E-state index is 12.8. The highest BCUT2D eigenvalue weighted by molar-refractivity contribution is 5.51. The zero-order valence-corrected chi connectivity index (χ0v) is 10.4. The topological polar surface area (TPSA) is 77.0 Å². The summed E-state index contributed by atoms with van der Waals surface area (Å²) in [4.78, 5) is 0. The van der Waals surface area contributed by atoms with Gasteiger partial charge in [0.2, 0.25) is 11.8 Å². The van der Waals surface area contributed by atoms with Gasteiger partial charge in [-0.25, -0.2) is 4.39 Å². The van der Waals surface area contributed by atoms with Gasteiger partial charge in [-0.15, -0.1) is 10.2 Å². The van der Waals surface area contributed by atoms with E-state index >= 15 is 0 Å². The van der Waals surface area contributed by atoms with Gasteiger partial charge in [-0.1, -0.05) is 0 Å². The molecule has 6 nitrogen and oxygen atoms in total. The van der Waals surface area contributed by atoms with E-state index < -0.39 is 0 Å². The van der Waals surface area contributed by atoms with Gasteiger partial charge in [0, 0.05) is 17.3 Å². The lowest BCUT2D eigenvalue weighted by molar-refractivity contribution is 0.281. The number of nitrogens with zero attached hydrogens (tertiary/aromatic N) is 4. The van der Waals surface area contributed by atoms with Gasteiger partial charge in [0.25, 0.3) is 0 Å². The molecule has 0 saturated heterocycles. The minimum atomic E-state index is -0.318. The van der Waals surface area contributed by atoms with Crippen molar-refractivity contribution >= 4 is 0 Å². The summed E-state index contributed by atoms with van der Waals surface area (Å²) in [5.41, 5.74) is 1.37. The molecule has 2 aromatic heterocycles. The average Bonchev–Trinajstić information content (AvgIpc) is 3.09. The van der Waals surface area contributed by atoms with Crippen molar-refractivity contribution in [3.63, 3.8) is 0 Å². The van der Waals surface area contributed by atoms with Gasteiger partial charge in [0.05, 0.1) is 12.8 Å². The molecule has 0 aliphatic rings. The van der Waals surface area contributed by atoms with Crippen molar-refractivity contribution in [1.29, 1.82) is 0 Å². The van der Waals surface area contributed by atoms with E-state index in [1.807, 2.05) is 0 Å². The summed E-state index contributed by atoms with van der Waals surface area (Å²) in [6.07, 6.45) is 3.26. The molecule has 0 aliphatic carbocycles. The van der Waals surface area contributed by atoms with Crippen molar-refractivity contribution in [2.24, 2.45) is 0 Å². The number of hydrogen-bond donors (Lipinski definition) is 1. The Morgan fingerprint density at radius 3 is 2.70 bits per heavy atom. The molecule has 0 aliphatic heterocycles. The van der Waals surface area contributed by atoms with Crippen LogP contribution in [0.3, 0.4) is 0 Å². The van der Waals surface area contributed by atoms with E-state index in [-0.39, 0.29) is 12.4 Å². The lowest BCUT2D eigenvalue weighted by Crippen LogP contribution is -2.00. The maximum Gasteiger partial charge on any atom is 0.247 e. The highest BCUT2D eigenvalue weighted by atomic mass is 19.1. The lowest BCUT2D eigenvalue weighted by Gasteiger charge is -1.96. The molecule has 3 aromatic rings. The Labute approximate surface area is 113 Å². The molecule has 0 radical (unpaired) electrons. The molecule has 0 unspecified atom stereocenters. The van der Waals surface area contributed by atoms with E-state index in [9.17, 15) is 4.39 Å². The third kappa shape index (κ3) is 2.57. The zero-order chi connectivity index (χ0) is 13.9. The standard InChI is InChI=1S/C13H11FN4O2/c14-11-3-1-10(2-4-11)13-17-16-12(20-13)7-18-6-9(8-19)5-15-18/h1-6,19H,7-8H2. The summed E-state index contributed by atoms with van der Waals surface area (Å²) in [6.45, 7) is 0.249. The van der Waals surface area contributed by atoms with Crippen LogP contribution in [0.2, 0.25) is 0 Å². The SMILES string of the molecule is OCc1cnn(Cc2nnc(-c3ccc(F)cc3)o2)c1. The van der Waals surface area contributed by atoms with Crippen LogP contribution in [0.1, 0.15) is 11.5 Å². The van der Waals surface area contributed by atoms with Gasteiger partial charge in [0.15, 0.2) is 0 Å². The largest absolute Gasteiger partial charge is 0.419 e. The maximum atomic E-state index is 12.8. The first-order chi connectivity index (χ1) is 9.74. The van der Waals surface area contributed by atoms with Crippen LogP contribution in [0.5, 0.6) is 0 Å². The summed E-state index contributed by atoms with van der Waals surface area (Å²) in [7, 11) is 0. The van der Waals surface area contributed by atoms with E-state index in [0.717, 1.165) is 0 Å². The van der Waals surface area contributed by atoms with E-state index in [1.54, 1.807) is 29.2 Å². The lowest BCUT2D eigenvalue weighted by atomic mass is 10.2. The molecule has 1 aromatic carbocycles. The van der Waals surface area contributed by atoms with Crippen LogP contribution in [-0.2, 0) is 13.2 Å². The third-order valence-corrected chi connectivity index (χ3v) is 2.72. The van der Waals surface area contributed by atoms with E-state index in [0.29, 0.717) is 29.5 Å². The Hall–Kier alpha value is -2.54. The molecular weight excluding hydrogens is 263 g/mol. The summed E-state index contributed by atoms with van der Waals surface area (Å²) >= 11 is 0. The predicted molar refractivity (Wildman–Crippen MR) is 66.9 cm³/mol. The van der Waals surface area contributed by atoms with Crippen LogP contribution in [0.15, 0.2) is 41.1 Å². The molecule has 0 amide bonds. The monoisotopic (exact) mass is 274 g/mol. The van der Waals surface area contributed by atoms with Crippen LogP contribution >= 0.6 is 0 Å². The molecule has 1 N–H and O–H groups in total.